The van der Waals surface area contributed by atoms with Crippen LogP contribution >= 0.6 is 11.3 Å². The molecular weight excluding hydrogens is 685 g/mol. The van der Waals surface area contributed by atoms with Gasteiger partial charge in [-0.1, -0.05) is 79.8 Å². The number of likely N-dealkylation sites (N-methyl/N-ethyl adjacent to an activating group) is 1. The lowest BCUT2D eigenvalue weighted by Crippen LogP contribution is -2.40. The Labute approximate surface area is 299 Å². The highest BCUT2D eigenvalue weighted by molar-refractivity contribution is 7.16. The average Bonchev–Trinajstić information content (AvgIpc) is 3.52. The summed E-state index contributed by atoms with van der Waals surface area (Å²) < 4.78 is 51.1. The summed E-state index contributed by atoms with van der Waals surface area (Å²) in [5, 5.41) is 13.2. The van der Waals surface area contributed by atoms with Crippen LogP contribution in [-0.2, 0) is 33.4 Å². The number of benzene rings is 3. The zero-order valence-corrected chi connectivity index (χ0v) is 29.7. The molecule has 0 bridgehead atoms. The number of nitrogens with one attached hydrogen (secondary N) is 2. The van der Waals surface area contributed by atoms with E-state index in [4.69, 9.17) is 9.47 Å². The fourth-order valence-electron chi connectivity index (χ4n) is 5.67. The molecule has 1 atom stereocenters. The van der Waals surface area contributed by atoms with Crippen LogP contribution in [0, 0.1) is 0 Å². The Morgan fingerprint density at radius 3 is 2.43 bits per heavy atom. The highest BCUT2D eigenvalue weighted by atomic mass is 32.1. The minimum Gasteiger partial charge on any atom is -0.506 e. The van der Waals surface area contributed by atoms with Crippen LogP contribution in [0.3, 0.4) is 0 Å². The molecule has 51 heavy (non-hydrogen) atoms. The largest absolute Gasteiger partial charge is 0.506 e. The minimum absolute atomic E-state index is 0.0384. The number of rotatable bonds is 19. The molecule has 276 valence electrons. The number of aromatic amines is 1. The Kier molecular flexibility index (Phi) is 14.9. The van der Waals surface area contributed by atoms with Crippen LogP contribution in [0.25, 0.3) is 10.2 Å². The SMILES string of the molecule is CCN(CC)CCN(CCC(COC(=O)NCc1ccccc1)c1ccc(O)c2[nH]c(=O)sc12)C(=O)CCOCCc1cccc(C(F)(F)F)c1. The zero-order valence-electron chi connectivity index (χ0n) is 28.8. The molecule has 14 heteroatoms. The van der Waals surface area contributed by atoms with Gasteiger partial charge >= 0.3 is 17.1 Å². The first-order chi connectivity index (χ1) is 24.5. The van der Waals surface area contributed by atoms with E-state index in [1.807, 2.05) is 44.2 Å². The van der Waals surface area contributed by atoms with Gasteiger partial charge in [-0.05, 0) is 54.8 Å². The summed E-state index contributed by atoms with van der Waals surface area (Å²) in [4.78, 5) is 44.8. The Morgan fingerprint density at radius 1 is 0.961 bits per heavy atom. The molecule has 3 aromatic carbocycles. The number of carbonyl (C=O) groups is 2. The molecule has 1 unspecified atom stereocenters. The van der Waals surface area contributed by atoms with E-state index in [0.717, 1.165) is 42.1 Å². The number of halogens is 3. The number of hydrogen-bond donors (Lipinski definition) is 3. The molecule has 3 N–H and O–H groups in total. The standard InChI is InChI=1S/C37H45F3N4O6S/c1-3-43(4-2)19-20-44(32(46)17-22-49-21-16-26-11-8-12-29(23-26)37(38,39)40)18-15-28(25-50-35(47)41-24-27-9-6-5-7-10-27)30-13-14-31(45)33-34(30)51-36(48)42-33/h5-14,23,28,45H,3-4,15-22,24-25H2,1-2H3,(H,41,47)(H,42,48). The molecule has 0 saturated heterocycles. The summed E-state index contributed by atoms with van der Waals surface area (Å²) in [6, 6.07) is 17.7. The van der Waals surface area contributed by atoms with Gasteiger partial charge in [0.25, 0.3) is 0 Å². The predicted molar refractivity (Wildman–Crippen MR) is 191 cm³/mol. The summed E-state index contributed by atoms with van der Waals surface area (Å²) >= 11 is 0.953. The molecule has 0 aliphatic rings. The van der Waals surface area contributed by atoms with Crippen LogP contribution in [0.4, 0.5) is 18.0 Å². The first kappa shape index (κ1) is 39.4. The van der Waals surface area contributed by atoms with Gasteiger partial charge in [0.15, 0.2) is 0 Å². The highest BCUT2D eigenvalue weighted by Crippen LogP contribution is 2.34. The van der Waals surface area contributed by atoms with Crippen molar-refractivity contribution in [2.75, 3.05) is 52.5 Å². The fraction of sp³-hybridized carbons (Fsp3) is 0.432. The van der Waals surface area contributed by atoms with Crippen molar-refractivity contribution in [3.05, 3.63) is 98.7 Å². The van der Waals surface area contributed by atoms with Gasteiger partial charge in [0.2, 0.25) is 5.91 Å². The van der Waals surface area contributed by atoms with Crippen LogP contribution in [-0.4, -0.2) is 84.4 Å². The number of alkyl carbamates (subject to hydrolysis) is 1. The smallest absolute Gasteiger partial charge is 0.416 e. The number of phenolic OH excluding ortho intramolecular Hbond substituents is 1. The van der Waals surface area contributed by atoms with E-state index in [2.05, 4.69) is 15.2 Å². The highest BCUT2D eigenvalue weighted by Gasteiger charge is 2.30. The van der Waals surface area contributed by atoms with Crippen LogP contribution in [0.15, 0.2) is 71.5 Å². The Hall–Kier alpha value is -4.40. The molecule has 4 aromatic rings. The number of nitrogens with zero attached hydrogens (tertiary/aromatic N) is 2. The molecule has 4 rings (SSSR count). The molecular formula is C37H45F3N4O6S. The topological polar surface area (TPSA) is 124 Å². The number of amides is 2. The van der Waals surface area contributed by atoms with E-state index in [-0.39, 0.29) is 55.7 Å². The van der Waals surface area contributed by atoms with E-state index in [1.165, 1.54) is 12.1 Å². The second-order valence-electron chi connectivity index (χ2n) is 12.0. The summed E-state index contributed by atoms with van der Waals surface area (Å²) in [7, 11) is 0. The molecule has 0 saturated carbocycles. The van der Waals surface area contributed by atoms with Crippen molar-refractivity contribution in [2.24, 2.45) is 0 Å². The Balaban J connectivity index is 1.42. The number of hydrogen-bond acceptors (Lipinski definition) is 8. The number of fused-ring (bicyclic) bond motifs is 1. The molecule has 10 nitrogen and oxygen atoms in total. The Morgan fingerprint density at radius 2 is 1.71 bits per heavy atom. The number of aromatic hydroxyl groups is 1. The molecule has 0 spiro atoms. The van der Waals surface area contributed by atoms with Gasteiger partial charge in [0.05, 0.1) is 29.9 Å². The number of phenols is 1. The van der Waals surface area contributed by atoms with Crippen molar-refractivity contribution in [1.29, 1.82) is 0 Å². The van der Waals surface area contributed by atoms with Crippen LogP contribution in [0.5, 0.6) is 5.75 Å². The number of carbonyl (C=O) groups excluding carboxylic acids is 2. The van der Waals surface area contributed by atoms with E-state index in [1.54, 1.807) is 17.0 Å². The molecule has 0 aliphatic heterocycles. The minimum atomic E-state index is -4.42. The predicted octanol–water partition coefficient (Wildman–Crippen LogP) is 6.53. The van der Waals surface area contributed by atoms with E-state index >= 15 is 0 Å². The quantitative estimate of drug-likeness (QED) is 0.0938. The van der Waals surface area contributed by atoms with E-state index in [0.29, 0.717) is 47.4 Å². The fourth-order valence-corrected chi connectivity index (χ4v) is 6.62. The van der Waals surface area contributed by atoms with Crippen molar-refractivity contribution < 1.29 is 37.3 Å². The van der Waals surface area contributed by atoms with Crippen molar-refractivity contribution in [3.8, 4) is 5.75 Å². The van der Waals surface area contributed by atoms with Gasteiger partial charge in [-0.25, -0.2) is 4.79 Å². The van der Waals surface area contributed by atoms with Crippen LogP contribution in [0.1, 0.15) is 54.9 Å². The average molecular weight is 731 g/mol. The molecule has 0 fully saturated rings. The maximum atomic E-state index is 13.5. The maximum absolute atomic E-state index is 13.5. The molecule has 1 aromatic heterocycles. The molecule has 1 heterocycles. The summed E-state index contributed by atoms with van der Waals surface area (Å²) in [6.45, 7) is 7.61. The van der Waals surface area contributed by atoms with Crippen molar-refractivity contribution in [1.82, 2.24) is 20.1 Å². The third kappa shape index (κ3) is 12.1. The molecule has 0 aliphatic carbocycles. The summed E-state index contributed by atoms with van der Waals surface area (Å²) in [5.74, 6) is -0.644. The van der Waals surface area contributed by atoms with Gasteiger partial charge in [-0.2, -0.15) is 13.2 Å². The van der Waals surface area contributed by atoms with Gasteiger partial charge in [0.1, 0.15) is 17.9 Å². The zero-order chi connectivity index (χ0) is 36.8. The second kappa shape index (κ2) is 19.3. The third-order valence-corrected chi connectivity index (χ3v) is 9.58. The third-order valence-electron chi connectivity index (χ3n) is 8.65. The lowest BCUT2D eigenvalue weighted by atomic mass is 9.95. The van der Waals surface area contributed by atoms with Gasteiger partial charge in [0, 0.05) is 32.1 Å². The summed E-state index contributed by atoms with van der Waals surface area (Å²) in [6.07, 6.45) is -4.30. The number of ether oxygens (including phenoxy) is 2. The summed E-state index contributed by atoms with van der Waals surface area (Å²) in [5.41, 5.74) is 1.70. The van der Waals surface area contributed by atoms with Crippen molar-refractivity contribution in [2.45, 2.75) is 51.7 Å². The first-order valence-electron chi connectivity index (χ1n) is 17.0. The van der Waals surface area contributed by atoms with Crippen LogP contribution in [0.2, 0.25) is 0 Å². The first-order valence-corrected chi connectivity index (χ1v) is 17.8. The van der Waals surface area contributed by atoms with Crippen molar-refractivity contribution >= 4 is 33.6 Å². The number of thiazole rings is 1. The molecule has 0 radical (unpaired) electrons. The lowest BCUT2D eigenvalue weighted by molar-refractivity contribution is -0.137. The normalized spacial score (nSPS) is 12.3. The number of alkyl halides is 3. The lowest BCUT2D eigenvalue weighted by Gasteiger charge is -2.28. The van der Waals surface area contributed by atoms with Crippen LogP contribution < -0.4 is 10.2 Å². The molecule has 2 amide bonds. The Bertz CT molecular complexity index is 1760. The van der Waals surface area contributed by atoms with Crippen molar-refractivity contribution in [3.63, 3.8) is 0 Å². The van der Waals surface area contributed by atoms with E-state index in [9.17, 15) is 32.7 Å². The second-order valence-corrected chi connectivity index (χ2v) is 13.0. The van der Waals surface area contributed by atoms with E-state index < -0.39 is 23.8 Å². The number of aromatic nitrogens is 1. The number of H-pyrrole nitrogens is 1. The monoisotopic (exact) mass is 730 g/mol. The van der Waals surface area contributed by atoms with Gasteiger partial charge in [-0.15, -0.1) is 0 Å². The van der Waals surface area contributed by atoms with Gasteiger partial charge in [-0.3, -0.25) is 9.59 Å². The maximum Gasteiger partial charge on any atom is 0.416 e. The van der Waals surface area contributed by atoms with Gasteiger partial charge < -0.3 is 34.7 Å².